The highest BCUT2D eigenvalue weighted by molar-refractivity contribution is 6.30. The maximum absolute atomic E-state index is 12.1. The number of nitrogens with one attached hydrogen (secondary N) is 1. The van der Waals surface area contributed by atoms with Crippen LogP contribution in [-0.2, 0) is 14.3 Å². The Kier molecular flexibility index (Phi) is 5.12. The van der Waals surface area contributed by atoms with Crippen molar-refractivity contribution in [2.45, 2.75) is 45.1 Å². The Labute approximate surface area is 136 Å². The van der Waals surface area contributed by atoms with E-state index in [-0.39, 0.29) is 23.7 Å². The Hall–Kier alpha value is -1.55. The second kappa shape index (κ2) is 6.69. The molecule has 0 bridgehead atoms. The Morgan fingerprint density at radius 1 is 1.32 bits per heavy atom. The fraction of sp³-hybridized carbons (Fsp3) is 0.529. The monoisotopic (exact) mass is 323 g/mol. The van der Waals surface area contributed by atoms with Gasteiger partial charge in [0.15, 0.2) is 0 Å². The number of hydrogen-bond donors (Lipinski definition) is 1. The van der Waals surface area contributed by atoms with Gasteiger partial charge >= 0.3 is 5.97 Å². The first-order valence-corrected chi connectivity index (χ1v) is 7.86. The molecule has 1 aromatic carbocycles. The highest BCUT2D eigenvalue weighted by Gasteiger charge is 2.33. The lowest BCUT2D eigenvalue weighted by atomic mass is 9.79. The molecule has 1 saturated heterocycles. The van der Waals surface area contributed by atoms with Gasteiger partial charge in [0.05, 0.1) is 6.42 Å². The number of piperidine rings is 1. The molecule has 5 heteroatoms. The summed E-state index contributed by atoms with van der Waals surface area (Å²) in [5.74, 6) is -0.166. The maximum atomic E-state index is 12.1. The third-order valence-electron chi connectivity index (χ3n) is 3.68. The number of halogens is 1. The van der Waals surface area contributed by atoms with Gasteiger partial charge in [-0.15, -0.1) is 0 Å². The molecule has 1 fully saturated rings. The van der Waals surface area contributed by atoms with Crippen LogP contribution < -0.4 is 5.32 Å². The van der Waals surface area contributed by atoms with Gasteiger partial charge in [-0.2, -0.15) is 0 Å². The largest absolute Gasteiger partial charge is 0.460 e. The van der Waals surface area contributed by atoms with E-state index >= 15 is 0 Å². The zero-order chi connectivity index (χ0) is 16.3. The van der Waals surface area contributed by atoms with Crippen molar-refractivity contribution in [3.63, 3.8) is 0 Å². The summed E-state index contributed by atoms with van der Waals surface area (Å²) < 4.78 is 5.40. The molecule has 4 nitrogen and oxygen atoms in total. The molecule has 1 N–H and O–H groups in total. The molecule has 2 rings (SSSR count). The highest BCUT2D eigenvalue weighted by atomic mass is 35.5. The standard InChI is InChI=1S/C17H22ClNO3/c1-17(2,3)22-16(21)8-12-10-19-15(20)9-14(12)11-4-6-13(18)7-5-11/h4-7,12,14H,8-10H2,1-3H3,(H,19,20)/t12-,14?/m1/s1. The minimum Gasteiger partial charge on any atom is -0.460 e. The number of carbonyl (C=O) groups excluding carboxylic acids is 2. The van der Waals surface area contributed by atoms with Crippen molar-refractivity contribution in [3.8, 4) is 0 Å². The predicted octanol–water partition coefficient (Wildman–Crippen LogP) is 3.29. The molecule has 120 valence electrons. The first kappa shape index (κ1) is 16.8. The van der Waals surface area contributed by atoms with Crippen LogP contribution in [0.25, 0.3) is 0 Å². The highest BCUT2D eigenvalue weighted by Crippen LogP contribution is 2.34. The molecule has 0 radical (unpaired) electrons. The molecule has 1 heterocycles. The van der Waals surface area contributed by atoms with Crippen LogP contribution in [0, 0.1) is 5.92 Å². The lowest BCUT2D eigenvalue weighted by molar-refractivity contribution is -0.156. The quantitative estimate of drug-likeness (QED) is 0.868. The van der Waals surface area contributed by atoms with Gasteiger partial charge in [-0.05, 0) is 50.3 Å². The number of ether oxygens (including phenoxy) is 1. The summed E-state index contributed by atoms with van der Waals surface area (Å²) in [4.78, 5) is 23.8. The fourth-order valence-electron chi connectivity index (χ4n) is 2.74. The van der Waals surface area contributed by atoms with Crippen LogP contribution in [0.5, 0.6) is 0 Å². The van der Waals surface area contributed by atoms with Gasteiger partial charge in [-0.1, -0.05) is 23.7 Å². The Morgan fingerprint density at radius 2 is 1.95 bits per heavy atom. The van der Waals surface area contributed by atoms with Crippen molar-refractivity contribution in [3.05, 3.63) is 34.9 Å². The molecule has 0 aromatic heterocycles. The molecule has 22 heavy (non-hydrogen) atoms. The Morgan fingerprint density at radius 3 is 2.55 bits per heavy atom. The van der Waals surface area contributed by atoms with Crippen LogP contribution in [0.1, 0.15) is 45.1 Å². The predicted molar refractivity (Wildman–Crippen MR) is 85.8 cm³/mol. The fourth-order valence-corrected chi connectivity index (χ4v) is 2.86. The minimum atomic E-state index is -0.495. The average Bonchev–Trinajstić information content (AvgIpc) is 2.40. The first-order chi connectivity index (χ1) is 10.2. The summed E-state index contributed by atoms with van der Waals surface area (Å²) in [6.07, 6.45) is 0.680. The van der Waals surface area contributed by atoms with Gasteiger partial charge in [0.1, 0.15) is 5.60 Å². The van der Waals surface area contributed by atoms with E-state index in [1.807, 2.05) is 45.0 Å². The third-order valence-corrected chi connectivity index (χ3v) is 3.93. The van der Waals surface area contributed by atoms with E-state index in [1.165, 1.54) is 0 Å². The van der Waals surface area contributed by atoms with Crippen molar-refractivity contribution in [2.24, 2.45) is 5.92 Å². The molecule has 1 amide bonds. The van der Waals surface area contributed by atoms with Gasteiger partial charge < -0.3 is 10.1 Å². The molecule has 1 aliphatic rings. The molecule has 2 atom stereocenters. The van der Waals surface area contributed by atoms with Gasteiger partial charge in [0.2, 0.25) is 5.91 Å². The van der Waals surface area contributed by atoms with E-state index in [0.717, 1.165) is 5.56 Å². The molecule has 0 aliphatic carbocycles. The molecular formula is C17H22ClNO3. The summed E-state index contributed by atoms with van der Waals surface area (Å²) in [7, 11) is 0. The number of benzene rings is 1. The van der Waals surface area contributed by atoms with Crippen molar-refractivity contribution >= 4 is 23.5 Å². The van der Waals surface area contributed by atoms with E-state index < -0.39 is 5.60 Å². The topological polar surface area (TPSA) is 55.4 Å². The number of carbonyl (C=O) groups is 2. The van der Waals surface area contributed by atoms with Crippen LogP contribution in [-0.4, -0.2) is 24.0 Å². The third kappa shape index (κ3) is 4.73. The van der Waals surface area contributed by atoms with Crippen LogP contribution in [0.4, 0.5) is 0 Å². The average molecular weight is 324 g/mol. The van der Waals surface area contributed by atoms with E-state index in [1.54, 1.807) is 0 Å². The second-order valence-electron chi connectivity index (χ2n) is 6.72. The molecular weight excluding hydrogens is 302 g/mol. The Balaban J connectivity index is 2.11. The number of hydrogen-bond acceptors (Lipinski definition) is 3. The first-order valence-electron chi connectivity index (χ1n) is 7.48. The van der Waals surface area contributed by atoms with Gasteiger partial charge in [0.25, 0.3) is 0 Å². The van der Waals surface area contributed by atoms with E-state index in [0.29, 0.717) is 24.4 Å². The molecule has 1 aliphatic heterocycles. The molecule has 1 unspecified atom stereocenters. The van der Waals surface area contributed by atoms with Crippen LogP contribution in [0.3, 0.4) is 0 Å². The van der Waals surface area contributed by atoms with Gasteiger partial charge in [-0.25, -0.2) is 0 Å². The summed E-state index contributed by atoms with van der Waals surface area (Å²) in [6.45, 7) is 6.05. The minimum absolute atomic E-state index is 0.0125. The lowest BCUT2D eigenvalue weighted by Crippen LogP contribution is -2.41. The van der Waals surface area contributed by atoms with Crippen LogP contribution in [0.15, 0.2) is 24.3 Å². The van der Waals surface area contributed by atoms with Gasteiger partial charge in [-0.3, -0.25) is 9.59 Å². The second-order valence-corrected chi connectivity index (χ2v) is 7.15. The van der Waals surface area contributed by atoms with Crippen molar-refractivity contribution in [2.75, 3.05) is 6.54 Å². The van der Waals surface area contributed by atoms with E-state index in [4.69, 9.17) is 16.3 Å². The van der Waals surface area contributed by atoms with Crippen molar-refractivity contribution in [1.29, 1.82) is 0 Å². The summed E-state index contributed by atoms with van der Waals surface area (Å²) >= 11 is 5.92. The number of rotatable bonds is 3. The van der Waals surface area contributed by atoms with Crippen LogP contribution >= 0.6 is 11.6 Å². The van der Waals surface area contributed by atoms with E-state index in [2.05, 4.69) is 5.32 Å². The molecule has 0 saturated carbocycles. The van der Waals surface area contributed by atoms with Crippen molar-refractivity contribution < 1.29 is 14.3 Å². The zero-order valence-electron chi connectivity index (χ0n) is 13.2. The SMILES string of the molecule is CC(C)(C)OC(=O)C[C@@H]1CNC(=O)CC1c1ccc(Cl)cc1. The van der Waals surface area contributed by atoms with Gasteiger partial charge in [0, 0.05) is 18.0 Å². The van der Waals surface area contributed by atoms with Crippen LogP contribution in [0.2, 0.25) is 5.02 Å². The maximum Gasteiger partial charge on any atom is 0.306 e. The molecule has 0 spiro atoms. The van der Waals surface area contributed by atoms with Crippen molar-refractivity contribution in [1.82, 2.24) is 5.32 Å². The number of amides is 1. The normalized spacial score (nSPS) is 22.1. The zero-order valence-corrected chi connectivity index (χ0v) is 13.9. The molecule has 1 aromatic rings. The summed E-state index contributed by atoms with van der Waals surface area (Å²) in [6, 6.07) is 7.48. The lowest BCUT2D eigenvalue weighted by Gasteiger charge is -2.32. The summed E-state index contributed by atoms with van der Waals surface area (Å²) in [5, 5.41) is 3.50. The Bertz CT molecular complexity index is 548. The summed E-state index contributed by atoms with van der Waals surface area (Å²) in [5.41, 5.74) is 0.540. The number of esters is 1. The smallest absolute Gasteiger partial charge is 0.306 e. The van der Waals surface area contributed by atoms with E-state index in [9.17, 15) is 9.59 Å².